The third-order valence-corrected chi connectivity index (χ3v) is 3.94. The van der Waals surface area contributed by atoms with Crippen LogP contribution in [0.3, 0.4) is 0 Å². The van der Waals surface area contributed by atoms with E-state index in [0.29, 0.717) is 25.2 Å². The highest BCUT2D eigenvalue weighted by Gasteiger charge is 2.43. The van der Waals surface area contributed by atoms with Crippen molar-refractivity contribution < 1.29 is 15.0 Å². The highest BCUT2D eigenvalue weighted by molar-refractivity contribution is 5.49. The molecule has 1 aliphatic rings. The highest BCUT2D eigenvalue weighted by atomic mass is 16.6. The van der Waals surface area contributed by atoms with Crippen LogP contribution < -0.4 is 0 Å². The number of β-amino-alcohol motifs (C(OH)–C–C–N with tert-alkyl or cyclic N) is 1. The van der Waals surface area contributed by atoms with Crippen molar-refractivity contribution in [3.8, 4) is 0 Å². The summed E-state index contributed by atoms with van der Waals surface area (Å²) in [5.41, 5.74) is -0.899. The Kier molecular flexibility index (Phi) is 3.93. The van der Waals surface area contributed by atoms with E-state index >= 15 is 0 Å². The number of nitro groups is 2. The molecule has 0 radical (unpaired) electrons. The molecule has 0 spiro atoms. The van der Waals surface area contributed by atoms with E-state index in [4.69, 9.17) is 0 Å². The lowest BCUT2D eigenvalue weighted by atomic mass is 9.83. The second-order valence-electron chi connectivity index (χ2n) is 5.73. The van der Waals surface area contributed by atoms with Gasteiger partial charge in [0.1, 0.15) is 0 Å². The number of nitrogens with zero attached hydrogens (tertiary/aromatic N) is 3. The fraction of sp³-hybridized carbons (Fsp3) is 0.538. The van der Waals surface area contributed by atoms with Gasteiger partial charge in [0.25, 0.3) is 11.4 Å². The van der Waals surface area contributed by atoms with Gasteiger partial charge in [0.05, 0.1) is 21.5 Å². The molecule has 8 heteroatoms. The van der Waals surface area contributed by atoms with Crippen molar-refractivity contribution in [2.75, 3.05) is 13.1 Å². The van der Waals surface area contributed by atoms with Crippen LogP contribution in [0.15, 0.2) is 18.2 Å². The van der Waals surface area contributed by atoms with Crippen LogP contribution in [-0.2, 0) is 6.54 Å². The fourth-order valence-corrected chi connectivity index (χ4v) is 2.42. The fourth-order valence-electron chi connectivity index (χ4n) is 2.42. The van der Waals surface area contributed by atoms with E-state index in [2.05, 4.69) is 0 Å². The average Bonchev–Trinajstić information content (AvgIpc) is 2.36. The summed E-state index contributed by atoms with van der Waals surface area (Å²) >= 11 is 0. The molecule has 0 aliphatic carbocycles. The SMILES string of the molecule is CC(C)C1(O)CN(Cc2ccc([N+](=O)[O-])cc2[N+](=O)[O-])C1. The molecule has 0 aromatic heterocycles. The maximum Gasteiger partial charge on any atom is 0.280 e. The quantitative estimate of drug-likeness (QED) is 0.654. The molecule has 0 amide bonds. The summed E-state index contributed by atoms with van der Waals surface area (Å²) in [6.45, 7) is 5.03. The molecule has 1 saturated heterocycles. The van der Waals surface area contributed by atoms with Crippen molar-refractivity contribution in [1.82, 2.24) is 4.90 Å². The molecule has 1 N–H and O–H groups in total. The average molecular weight is 295 g/mol. The number of nitro benzene ring substituents is 2. The van der Waals surface area contributed by atoms with Crippen LogP contribution in [0.25, 0.3) is 0 Å². The van der Waals surface area contributed by atoms with Gasteiger partial charge in [0, 0.05) is 31.3 Å². The standard InChI is InChI=1S/C13H17N3O5/c1-9(2)13(17)7-14(8-13)6-10-3-4-11(15(18)19)5-12(10)16(20)21/h3-5,9,17H,6-8H2,1-2H3. The zero-order valence-electron chi connectivity index (χ0n) is 11.9. The van der Waals surface area contributed by atoms with E-state index < -0.39 is 15.4 Å². The van der Waals surface area contributed by atoms with Gasteiger partial charge in [-0.15, -0.1) is 0 Å². The molecule has 114 valence electrons. The third-order valence-electron chi connectivity index (χ3n) is 3.94. The molecule has 0 saturated carbocycles. The molecule has 2 rings (SSSR count). The summed E-state index contributed by atoms with van der Waals surface area (Å²) in [5.74, 6) is 0.112. The zero-order valence-corrected chi connectivity index (χ0v) is 11.9. The van der Waals surface area contributed by atoms with Gasteiger partial charge in [-0.2, -0.15) is 0 Å². The monoisotopic (exact) mass is 295 g/mol. The van der Waals surface area contributed by atoms with Gasteiger partial charge >= 0.3 is 0 Å². The van der Waals surface area contributed by atoms with Gasteiger partial charge in [0.15, 0.2) is 0 Å². The predicted octanol–water partition coefficient (Wildman–Crippen LogP) is 1.71. The Morgan fingerprint density at radius 1 is 1.29 bits per heavy atom. The molecular weight excluding hydrogens is 278 g/mol. The lowest BCUT2D eigenvalue weighted by molar-refractivity contribution is -0.394. The van der Waals surface area contributed by atoms with Gasteiger partial charge in [0.2, 0.25) is 0 Å². The number of aliphatic hydroxyl groups is 1. The van der Waals surface area contributed by atoms with Crippen LogP contribution in [0.2, 0.25) is 0 Å². The molecule has 0 bridgehead atoms. The third kappa shape index (κ3) is 3.01. The number of benzene rings is 1. The molecule has 1 heterocycles. The van der Waals surface area contributed by atoms with E-state index in [9.17, 15) is 25.3 Å². The van der Waals surface area contributed by atoms with Crippen LogP contribution in [0.4, 0.5) is 11.4 Å². The van der Waals surface area contributed by atoms with Gasteiger partial charge in [-0.05, 0) is 12.0 Å². The van der Waals surface area contributed by atoms with Gasteiger partial charge in [-0.25, -0.2) is 0 Å². The van der Waals surface area contributed by atoms with E-state index in [1.165, 1.54) is 12.1 Å². The Morgan fingerprint density at radius 2 is 1.90 bits per heavy atom. The van der Waals surface area contributed by atoms with Crippen molar-refractivity contribution in [1.29, 1.82) is 0 Å². The first kappa shape index (κ1) is 15.3. The number of likely N-dealkylation sites (tertiary alicyclic amines) is 1. The predicted molar refractivity (Wildman–Crippen MR) is 74.8 cm³/mol. The van der Waals surface area contributed by atoms with Gasteiger partial charge < -0.3 is 5.11 Å². The maximum atomic E-state index is 11.0. The molecule has 21 heavy (non-hydrogen) atoms. The van der Waals surface area contributed by atoms with Crippen LogP contribution >= 0.6 is 0 Å². The summed E-state index contributed by atoms with van der Waals surface area (Å²) in [7, 11) is 0. The molecule has 1 aliphatic heterocycles. The van der Waals surface area contributed by atoms with Crippen molar-refractivity contribution in [2.45, 2.75) is 26.0 Å². The van der Waals surface area contributed by atoms with Crippen molar-refractivity contribution >= 4 is 11.4 Å². The summed E-state index contributed by atoms with van der Waals surface area (Å²) in [6.07, 6.45) is 0. The normalized spacial score (nSPS) is 17.5. The minimum Gasteiger partial charge on any atom is -0.387 e. The first-order valence-electron chi connectivity index (χ1n) is 6.59. The largest absolute Gasteiger partial charge is 0.387 e. The van der Waals surface area contributed by atoms with Crippen molar-refractivity contribution in [3.05, 3.63) is 44.0 Å². The molecule has 1 aromatic carbocycles. The lowest BCUT2D eigenvalue weighted by Crippen LogP contribution is -2.63. The molecule has 0 unspecified atom stereocenters. The number of hydrogen-bond acceptors (Lipinski definition) is 6. The minimum atomic E-state index is -0.754. The Morgan fingerprint density at radius 3 is 2.38 bits per heavy atom. The molecule has 8 nitrogen and oxygen atoms in total. The second kappa shape index (κ2) is 5.38. The van der Waals surface area contributed by atoms with Crippen LogP contribution in [0, 0.1) is 26.1 Å². The van der Waals surface area contributed by atoms with Gasteiger partial charge in [-0.3, -0.25) is 25.1 Å². The first-order chi connectivity index (χ1) is 9.73. The topological polar surface area (TPSA) is 110 Å². The van der Waals surface area contributed by atoms with Crippen LogP contribution in [0.5, 0.6) is 0 Å². The van der Waals surface area contributed by atoms with Crippen molar-refractivity contribution in [3.63, 3.8) is 0 Å². The molecule has 0 atom stereocenters. The van der Waals surface area contributed by atoms with Crippen LogP contribution in [0.1, 0.15) is 19.4 Å². The Hall–Kier alpha value is -2.06. The summed E-state index contributed by atoms with van der Waals surface area (Å²) in [6, 6.07) is 3.64. The summed E-state index contributed by atoms with van der Waals surface area (Å²) in [5, 5.41) is 31.9. The van der Waals surface area contributed by atoms with Crippen molar-refractivity contribution in [2.24, 2.45) is 5.92 Å². The first-order valence-corrected chi connectivity index (χ1v) is 6.59. The Labute approximate surface area is 121 Å². The van der Waals surface area contributed by atoms with E-state index in [-0.39, 0.29) is 17.3 Å². The van der Waals surface area contributed by atoms with E-state index in [1.807, 2.05) is 18.7 Å². The van der Waals surface area contributed by atoms with E-state index in [0.717, 1.165) is 6.07 Å². The smallest absolute Gasteiger partial charge is 0.280 e. The number of hydrogen-bond donors (Lipinski definition) is 1. The lowest BCUT2D eigenvalue weighted by Gasteiger charge is -2.49. The van der Waals surface area contributed by atoms with Crippen LogP contribution in [-0.4, -0.2) is 38.5 Å². The highest BCUT2D eigenvalue weighted by Crippen LogP contribution is 2.32. The number of rotatable bonds is 5. The summed E-state index contributed by atoms with van der Waals surface area (Å²) < 4.78 is 0. The Balaban J connectivity index is 2.15. The minimum absolute atomic E-state index is 0.112. The van der Waals surface area contributed by atoms with E-state index in [1.54, 1.807) is 0 Å². The maximum absolute atomic E-state index is 11.0. The molecule has 1 aromatic rings. The molecule has 1 fully saturated rings. The van der Waals surface area contributed by atoms with Gasteiger partial charge in [-0.1, -0.05) is 13.8 Å². The zero-order chi connectivity index (χ0) is 15.8. The second-order valence-corrected chi connectivity index (χ2v) is 5.73. The Bertz CT molecular complexity index is 581. The summed E-state index contributed by atoms with van der Waals surface area (Å²) in [4.78, 5) is 22.3. The number of non-ortho nitro benzene ring substituents is 1. The molecular formula is C13H17N3O5.